The molecule has 1 rings (SSSR count). The summed E-state index contributed by atoms with van der Waals surface area (Å²) in [6.07, 6.45) is 2.81. The summed E-state index contributed by atoms with van der Waals surface area (Å²) in [7, 11) is 0. The fourth-order valence-corrected chi connectivity index (χ4v) is 1.75. The van der Waals surface area contributed by atoms with Crippen molar-refractivity contribution in [3.8, 4) is 0 Å². The molecule has 0 radical (unpaired) electrons. The Morgan fingerprint density at radius 1 is 1.60 bits per heavy atom. The molecule has 0 aromatic carbocycles. The third-order valence-corrected chi connectivity index (χ3v) is 2.79. The number of rotatable bonds is 5. The first kappa shape index (κ1) is 8.41. The Kier molecular flexibility index (Phi) is 3.57. The molecule has 1 fully saturated rings. The molecular formula is C8H17NS. The first-order valence-electron chi connectivity index (χ1n) is 4.18. The molecule has 0 bridgehead atoms. The molecule has 1 saturated carbocycles. The second kappa shape index (κ2) is 4.24. The summed E-state index contributed by atoms with van der Waals surface area (Å²) in [5.74, 6) is 1.24. The molecule has 1 aliphatic rings. The largest absolute Gasteiger partial charge is 0.313 e. The van der Waals surface area contributed by atoms with E-state index in [0.29, 0.717) is 0 Å². The standard InChI is InChI=1S/C8H17NS/c1-3-10-7(2)6-9-8-4-5-8/h7-9H,3-6H2,1-2H3. The molecule has 0 spiro atoms. The minimum Gasteiger partial charge on any atom is -0.313 e. The van der Waals surface area contributed by atoms with Gasteiger partial charge in [0.05, 0.1) is 0 Å². The molecule has 0 aromatic heterocycles. The maximum atomic E-state index is 3.52. The molecule has 1 aliphatic carbocycles. The summed E-state index contributed by atoms with van der Waals surface area (Å²) < 4.78 is 0. The zero-order valence-corrected chi connectivity index (χ0v) is 7.71. The van der Waals surface area contributed by atoms with Crippen LogP contribution < -0.4 is 5.32 Å². The predicted octanol–water partition coefficient (Wildman–Crippen LogP) is 1.88. The number of hydrogen-bond acceptors (Lipinski definition) is 2. The Labute approximate surface area is 68.0 Å². The summed E-state index contributed by atoms with van der Waals surface area (Å²) in [6, 6.07) is 0.875. The smallest absolute Gasteiger partial charge is 0.0144 e. The normalized spacial score (nSPS) is 21.0. The summed E-state index contributed by atoms with van der Waals surface area (Å²) in [4.78, 5) is 0. The molecule has 1 nitrogen and oxygen atoms in total. The Hall–Kier alpha value is 0.310. The maximum Gasteiger partial charge on any atom is 0.0144 e. The quantitative estimate of drug-likeness (QED) is 0.657. The van der Waals surface area contributed by atoms with Crippen LogP contribution in [0.3, 0.4) is 0 Å². The van der Waals surface area contributed by atoms with Gasteiger partial charge in [0.15, 0.2) is 0 Å². The van der Waals surface area contributed by atoms with Crippen molar-refractivity contribution in [1.82, 2.24) is 5.32 Å². The second-order valence-corrected chi connectivity index (χ2v) is 4.66. The van der Waals surface area contributed by atoms with E-state index in [9.17, 15) is 0 Å². The minimum atomic E-state index is 0.797. The third kappa shape index (κ3) is 3.47. The SMILES string of the molecule is CCSC(C)CNC1CC1. The third-order valence-electron chi connectivity index (χ3n) is 1.72. The Bertz CT molecular complexity index is 91.3. The van der Waals surface area contributed by atoms with Crippen LogP contribution in [0.5, 0.6) is 0 Å². The monoisotopic (exact) mass is 159 g/mol. The molecule has 1 atom stereocenters. The van der Waals surface area contributed by atoms with E-state index in [1.807, 2.05) is 11.8 Å². The summed E-state index contributed by atoms with van der Waals surface area (Å²) in [5.41, 5.74) is 0. The van der Waals surface area contributed by atoms with Gasteiger partial charge in [-0.1, -0.05) is 13.8 Å². The van der Waals surface area contributed by atoms with Crippen molar-refractivity contribution in [3.05, 3.63) is 0 Å². The van der Waals surface area contributed by atoms with E-state index >= 15 is 0 Å². The molecule has 0 amide bonds. The lowest BCUT2D eigenvalue weighted by Gasteiger charge is -2.09. The lowest BCUT2D eigenvalue weighted by Crippen LogP contribution is -2.24. The molecule has 1 N–H and O–H groups in total. The molecule has 0 aromatic rings. The lowest BCUT2D eigenvalue weighted by atomic mass is 10.4. The number of thioether (sulfide) groups is 1. The zero-order chi connectivity index (χ0) is 7.40. The van der Waals surface area contributed by atoms with E-state index in [0.717, 1.165) is 11.3 Å². The molecular weight excluding hydrogens is 142 g/mol. The van der Waals surface area contributed by atoms with Crippen LogP contribution in [0, 0.1) is 0 Å². The lowest BCUT2D eigenvalue weighted by molar-refractivity contribution is 0.679. The topological polar surface area (TPSA) is 12.0 Å². The van der Waals surface area contributed by atoms with Crippen LogP contribution in [0.1, 0.15) is 26.7 Å². The van der Waals surface area contributed by atoms with Crippen LogP contribution in [0.2, 0.25) is 0 Å². The number of hydrogen-bond donors (Lipinski definition) is 1. The maximum absolute atomic E-state index is 3.52. The highest BCUT2D eigenvalue weighted by Crippen LogP contribution is 2.19. The fourth-order valence-electron chi connectivity index (χ4n) is 0.964. The molecule has 0 heterocycles. The van der Waals surface area contributed by atoms with Crippen LogP contribution in [0.25, 0.3) is 0 Å². The van der Waals surface area contributed by atoms with Crippen molar-refractivity contribution < 1.29 is 0 Å². The van der Waals surface area contributed by atoms with Gasteiger partial charge < -0.3 is 5.32 Å². The zero-order valence-electron chi connectivity index (χ0n) is 6.89. The van der Waals surface area contributed by atoms with Gasteiger partial charge in [0.2, 0.25) is 0 Å². The van der Waals surface area contributed by atoms with E-state index in [4.69, 9.17) is 0 Å². The highest BCUT2D eigenvalue weighted by molar-refractivity contribution is 7.99. The average Bonchev–Trinajstić information content (AvgIpc) is 2.67. The van der Waals surface area contributed by atoms with Crippen LogP contribution in [-0.2, 0) is 0 Å². The fraction of sp³-hybridized carbons (Fsp3) is 1.00. The van der Waals surface area contributed by atoms with E-state index < -0.39 is 0 Å². The minimum absolute atomic E-state index is 0.797. The van der Waals surface area contributed by atoms with Gasteiger partial charge in [0, 0.05) is 17.8 Å². The van der Waals surface area contributed by atoms with Crippen molar-refractivity contribution in [1.29, 1.82) is 0 Å². The van der Waals surface area contributed by atoms with Crippen molar-refractivity contribution >= 4 is 11.8 Å². The van der Waals surface area contributed by atoms with E-state index in [2.05, 4.69) is 19.2 Å². The van der Waals surface area contributed by atoms with Crippen molar-refractivity contribution in [2.24, 2.45) is 0 Å². The van der Waals surface area contributed by atoms with Gasteiger partial charge in [-0.25, -0.2) is 0 Å². The van der Waals surface area contributed by atoms with Gasteiger partial charge in [-0.05, 0) is 18.6 Å². The van der Waals surface area contributed by atoms with Gasteiger partial charge in [-0.3, -0.25) is 0 Å². The van der Waals surface area contributed by atoms with Crippen LogP contribution in [-0.4, -0.2) is 23.6 Å². The van der Waals surface area contributed by atoms with E-state index in [1.165, 1.54) is 25.1 Å². The van der Waals surface area contributed by atoms with Crippen LogP contribution in [0.4, 0.5) is 0 Å². The van der Waals surface area contributed by atoms with Gasteiger partial charge in [-0.15, -0.1) is 0 Å². The highest BCUT2D eigenvalue weighted by atomic mass is 32.2. The van der Waals surface area contributed by atoms with E-state index in [-0.39, 0.29) is 0 Å². The van der Waals surface area contributed by atoms with Gasteiger partial charge in [0.25, 0.3) is 0 Å². The molecule has 10 heavy (non-hydrogen) atoms. The summed E-state index contributed by atoms with van der Waals surface area (Å²) in [6.45, 7) is 5.71. The first-order valence-corrected chi connectivity index (χ1v) is 5.22. The van der Waals surface area contributed by atoms with Gasteiger partial charge in [0.1, 0.15) is 0 Å². The molecule has 2 heteroatoms. The summed E-state index contributed by atoms with van der Waals surface area (Å²) in [5, 5.41) is 4.32. The molecule has 1 unspecified atom stereocenters. The Morgan fingerprint density at radius 3 is 2.80 bits per heavy atom. The Balaban J connectivity index is 1.89. The molecule has 0 aliphatic heterocycles. The highest BCUT2D eigenvalue weighted by Gasteiger charge is 2.20. The van der Waals surface area contributed by atoms with Crippen molar-refractivity contribution in [3.63, 3.8) is 0 Å². The average molecular weight is 159 g/mol. The Morgan fingerprint density at radius 2 is 2.30 bits per heavy atom. The number of nitrogens with one attached hydrogen (secondary N) is 1. The predicted molar refractivity (Wildman–Crippen MR) is 48.6 cm³/mol. The molecule has 0 saturated heterocycles. The van der Waals surface area contributed by atoms with Crippen LogP contribution in [0.15, 0.2) is 0 Å². The summed E-state index contributed by atoms with van der Waals surface area (Å²) >= 11 is 2.04. The van der Waals surface area contributed by atoms with Crippen LogP contribution >= 0.6 is 11.8 Å². The van der Waals surface area contributed by atoms with Gasteiger partial charge in [-0.2, -0.15) is 11.8 Å². The van der Waals surface area contributed by atoms with E-state index in [1.54, 1.807) is 0 Å². The van der Waals surface area contributed by atoms with Crippen molar-refractivity contribution in [2.75, 3.05) is 12.3 Å². The first-order chi connectivity index (χ1) is 4.83. The van der Waals surface area contributed by atoms with Crippen molar-refractivity contribution in [2.45, 2.75) is 38.0 Å². The molecule has 60 valence electrons. The second-order valence-electron chi connectivity index (χ2n) is 2.95. The van der Waals surface area contributed by atoms with Gasteiger partial charge >= 0.3 is 0 Å².